The number of ether oxygens (including phenoxy) is 1. The molecule has 0 saturated heterocycles. The van der Waals surface area contributed by atoms with Crippen LogP contribution in [0.15, 0.2) is 65.6 Å². The number of hydrogen-bond donors (Lipinski definition) is 1. The zero-order chi connectivity index (χ0) is 18.2. The lowest BCUT2D eigenvalue weighted by atomic mass is 10.0. The summed E-state index contributed by atoms with van der Waals surface area (Å²) in [5.41, 5.74) is -1.84. The molecule has 0 aliphatic heterocycles. The second kappa shape index (κ2) is 6.02. The molecule has 0 fully saturated rings. The van der Waals surface area contributed by atoms with Crippen LogP contribution < -0.4 is 0 Å². The van der Waals surface area contributed by atoms with Crippen molar-refractivity contribution in [3.05, 3.63) is 66.4 Å². The summed E-state index contributed by atoms with van der Waals surface area (Å²) in [6, 6.07) is 16.1. The van der Waals surface area contributed by atoms with Crippen molar-refractivity contribution >= 4 is 26.9 Å². The summed E-state index contributed by atoms with van der Waals surface area (Å²) in [6.07, 6.45) is 0. The van der Waals surface area contributed by atoms with Crippen molar-refractivity contribution in [2.45, 2.75) is 17.4 Å². The van der Waals surface area contributed by atoms with Crippen molar-refractivity contribution in [2.75, 3.05) is 7.11 Å². The van der Waals surface area contributed by atoms with Crippen molar-refractivity contribution in [3.8, 4) is 0 Å². The molecule has 25 heavy (non-hydrogen) atoms. The molecular formula is C18H17NO5S. The number of para-hydroxylation sites is 1. The molecule has 2 aromatic carbocycles. The Morgan fingerprint density at radius 2 is 1.68 bits per heavy atom. The summed E-state index contributed by atoms with van der Waals surface area (Å²) in [7, 11) is -2.89. The third kappa shape index (κ3) is 2.71. The molecule has 0 spiro atoms. The first-order chi connectivity index (χ1) is 11.8. The number of fused-ring (bicyclic) bond motifs is 1. The number of aromatic nitrogens is 1. The van der Waals surface area contributed by atoms with Gasteiger partial charge in [-0.05, 0) is 31.2 Å². The average molecular weight is 359 g/mol. The first-order valence-corrected chi connectivity index (χ1v) is 8.96. The Bertz CT molecular complexity index is 1040. The second-order valence-electron chi connectivity index (χ2n) is 5.73. The highest BCUT2D eigenvalue weighted by atomic mass is 32.2. The molecule has 0 radical (unpaired) electrons. The molecule has 1 atom stereocenters. The summed E-state index contributed by atoms with van der Waals surface area (Å²) >= 11 is 0. The predicted molar refractivity (Wildman–Crippen MR) is 92.6 cm³/mol. The number of esters is 1. The summed E-state index contributed by atoms with van der Waals surface area (Å²) in [5, 5.41) is 11.3. The van der Waals surface area contributed by atoms with Gasteiger partial charge in [-0.25, -0.2) is 17.2 Å². The minimum absolute atomic E-state index is 0.0540. The number of hydrogen-bond acceptors (Lipinski definition) is 5. The van der Waals surface area contributed by atoms with Crippen molar-refractivity contribution in [3.63, 3.8) is 0 Å². The molecule has 0 aliphatic rings. The van der Waals surface area contributed by atoms with Crippen molar-refractivity contribution < 1.29 is 23.1 Å². The number of methoxy groups -OCH3 is 1. The lowest BCUT2D eigenvalue weighted by molar-refractivity contribution is -0.161. The number of rotatable bonds is 4. The van der Waals surface area contributed by atoms with Crippen LogP contribution in [0.4, 0.5) is 0 Å². The van der Waals surface area contributed by atoms with E-state index in [1.165, 1.54) is 25.1 Å². The van der Waals surface area contributed by atoms with Crippen LogP contribution in [0.1, 0.15) is 12.6 Å². The Hall–Kier alpha value is -2.64. The number of benzene rings is 2. The number of carbonyl (C=O) groups excluding carboxylic acids is 1. The molecule has 3 aromatic rings. The van der Waals surface area contributed by atoms with Crippen LogP contribution >= 0.6 is 0 Å². The average Bonchev–Trinajstić information content (AvgIpc) is 3.02. The van der Waals surface area contributed by atoms with Crippen LogP contribution in [-0.2, 0) is 25.2 Å². The summed E-state index contributed by atoms with van der Waals surface area (Å²) in [5.74, 6) is -0.945. The van der Waals surface area contributed by atoms with Crippen LogP contribution in [0.3, 0.4) is 0 Å². The molecule has 7 heteroatoms. The van der Waals surface area contributed by atoms with E-state index in [2.05, 4.69) is 4.74 Å². The van der Waals surface area contributed by atoms with E-state index in [4.69, 9.17) is 0 Å². The van der Waals surface area contributed by atoms with E-state index >= 15 is 0 Å². The van der Waals surface area contributed by atoms with Crippen molar-refractivity contribution in [1.29, 1.82) is 0 Å². The van der Waals surface area contributed by atoms with E-state index < -0.39 is 21.6 Å². The molecule has 130 valence electrons. The monoisotopic (exact) mass is 359 g/mol. The quantitative estimate of drug-likeness (QED) is 0.722. The predicted octanol–water partition coefficient (Wildman–Crippen LogP) is 2.26. The molecule has 0 bridgehead atoms. The fourth-order valence-corrected chi connectivity index (χ4v) is 4.36. The minimum atomic E-state index is -4.03. The van der Waals surface area contributed by atoms with Gasteiger partial charge >= 0.3 is 5.97 Å². The van der Waals surface area contributed by atoms with Crippen LogP contribution in [0.25, 0.3) is 10.9 Å². The summed E-state index contributed by atoms with van der Waals surface area (Å²) in [6.45, 7) is 1.21. The Morgan fingerprint density at radius 1 is 1.08 bits per heavy atom. The normalized spacial score (nSPS) is 14.2. The fourth-order valence-electron chi connectivity index (χ4n) is 2.73. The molecule has 6 nitrogen and oxygen atoms in total. The molecule has 3 rings (SSSR count). The fraction of sp³-hybridized carbons (Fsp3) is 0.167. The maximum atomic E-state index is 13.2. The van der Waals surface area contributed by atoms with E-state index in [9.17, 15) is 18.3 Å². The first kappa shape index (κ1) is 17.2. The van der Waals surface area contributed by atoms with Crippen molar-refractivity contribution in [1.82, 2.24) is 3.97 Å². The van der Waals surface area contributed by atoms with Gasteiger partial charge in [0.25, 0.3) is 10.0 Å². The van der Waals surface area contributed by atoms with E-state index in [-0.39, 0.29) is 10.6 Å². The van der Waals surface area contributed by atoms with Gasteiger partial charge in [-0.1, -0.05) is 36.4 Å². The molecular weight excluding hydrogens is 342 g/mol. The lowest BCUT2D eigenvalue weighted by Gasteiger charge is -2.22. The standard InChI is InChI=1S/C18H17NO5S/c1-18(21,17(20)24-2)16-12-13-8-6-7-11-15(13)19(16)25(22,23)14-9-4-3-5-10-14/h3-12,21H,1-2H3. The third-order valence-corrected chi connectivity index (χ3v) is 5.77. The summed E-state index contributed by atoms with van der Waals surface area (Å²) in [4.78, 5) is 12.1. The molecule has 0 saturated carbocycles. The Kier molecular flexibility index (Phi) is 4.14. The molecule has 1 heterocycles. The number of aliphatic hydroxyl groups is 1. The smallest absolute Gasteiger partial charge is 0.343 e. The molecule has 1 unspecified atom stereocenters. The minimum Gasteiger partial charge on any atom is -0.467 e. The largest absolute Gasteiger partial charge is 0.467 e. The highest BCUT2D eigenvalue weighted by molar-refractivity contribution is 7.90. The zero-order valence-corrected chi connectivity index (χ0v) is 14.5. The molecule has 0 aliphatic carbocycles. The van der Waals surface area contributed by atoms with Crippen molar-refractivity contribution in [2.24, 2.45) is 0 Å². The topological polar surface area (TPSA) is 85.6 Å². The van der Waals surface area contributed by atoms with Gasteiger partial charge in [0.1, 0.15) is 0 Å². The third-order valence-electron chi connectivity index (χ3n) is 4.03. The lowest BCUT2D eigenvalue weighted by Crippen LogP contribution is -2.36. The van der Waals surface area contributed by atoms with Gasteiger partial charge in [-0.3, -0.25) is 0 Å². The highest BCUT2D eigenvalue weighted by Gasteiger charge is 2.40. The van der Waals surface area contributed by atoms with Gasteiger partial charge in [0.05, 0.1) is 23.2 Å². The van der Waals surface area contributed by atoms with E-state index in [1.54, 1.807) is 42.5 Å². The van der Waals surface area contributed by atoms with Crippen LogP contribution in [0.2, 0.25) is 0 Å². The van der Waals surface area contributed by atoms with Crippen LogP contribution in [-0.4, -0.2) is 30.6 Å². The van der Waals surface area contributed by atoms with Gasteiger partial charge < -0.3 is 9.84 Å². The number of carbonyl (C=O) groups is 1. The van der Waals surface area contributed by atoms with Gasteiger partial charge in [0.2, 0.25) is 5.60 Å². The Balaban J connectivity index is 2.38. The highest BCUT2D eigenvalue weighted by Crippen LogP contribution is 2.32. The molecule has 0 amide bonds. The molecule has 1 aromatic heterocycles. The van der Waals surface area contributed by atoms with Crippen LogP contribution in [0.5, 0.6) is 0 Å². The van der Waals surface area contributed by atoms with Gasteiger partial charge in [0, 0.05) is 5.39 Å². The SMILES string of the molecule is COC(=O)C(C)(O)c1cc2ccccc2n1S(=O)(=O)c1ccccc1. The maximum Gasteiger partial charge on any atom is 0.343 e. The van der Waals surface area contributed by atoms with Crippen LogP contribution in [0, 0.1) is 0 Å². The zero-order valence-electron chi connectivity index (χ0n) is 13.7. The van der Waals surface area contributed by atoms with E-state index in [0.717, 1.165) is 11.1 Å². The van der Waals surface area contributed by atoms with E-state index in [1.807, 2.05) is 0 Å². The number of nitrogens with zero attached hydrogens (tertiary/aromatic N) is 1. The maximum absolute atomic E-state index is 13.2. The second-order valence-corrected chi connectivity index (χ2v) is 7.52. The van der Waals surface area contributed by atoms with E-state index in [0.29, 0.717) is 10.9 Å². The Labute approximate surface area is 145 Å². The van der Waals surface area contributed by atoms with Gasteiger partial charge in [0.15, 0.2) is 0 Å². The first-order valence-electron chi connectivity index (χ1n) is 7.52. The molecule has 1 N–H and O–H groups in total. The van der Waals surface area contributed by atoms with Gasteiger partial charge in [-0.15, -0.1) is 0 Å². The summed E-state index contributed by atoms with van der Waals surface area (Å²) < 4.78 is 32.0. The van der Waals surface area contributed by atoms with Gasteiger partial charge in [-0.2, -0.15) is 0 Å². The Morgan fingerprint density at radius 3 is 2.32 bits per heavy atom.